The fourth-order valence-electron chi connectivity index (χ4n) is 1.84. The van der Waals surface area contributed by atoms with Gasteiger partial charge in [0.2, 0.25) is 0 Å². The van der Waals surface area contributed by atoms with Crippen molar-refractivity contribution in [2.24, 2.45) is 0 Å². The van der Waals surface area contributed by atoms with Gasteiger partial charge in [-0.15, -0.1) is 0 Å². The van der Waals surface area contributed by atoms with Crippen LogP contribution in [0.4, 0.5) is 0 Å². The van der Waals surface area contributed by atoms with Crippen LogP contribution in [0.5, 0.6) is 0 Å². The van der Waals surface area contributed by atoms with E-state index in [0.29, 0.717) is 0 Å². The molecule has 0 saturated carbocycles. The molecule has 1 heterocycles. The van der Waals surface area contributed by atoms with Gasteiger partial charge >= 0.3 is 0 Å². The van der Waals surface area contributed by atoms with Gasteiger partial charge in [0.1, 0.15) is 0 Å². The van der Waals surface area contributed by atoms with Gasteiger partial charge < -0.3 is 4.90 Å². The second-order valence-electron chi connectivity index (χ2n) is 3.82. The van der Waals surface area contributed by atoms with E-state index in [1.54, 1.807) is 0 Å². The molecule has 1 heteroatoms. The van der Waals surface area contributed by atoms with Gasteiger partial charge in [-0.2, -0.15) is 0 Å². The van der Waals surface area contributed by atoms with Crippen molar-refractivity contribution in [3.05, 3.63) is 48.2 Å². The fraction of sp³-hybridized carbons (Fsp3) is 0.385. The van der Waals surface area contributed by atoms with Crippen molar-refractivity contribution in [3.8, 4) is 0 Å². The van der Waals surface area contributed by atoms with Gasteiger partial charge in [0.25, 0.3) is 0 Å². The third-order valence-electron chi connectivity index (χ3n) is 2.65. The van der Waals surface area contributed by atoms with Crippen LogP contribution in [0.15, 0.2) is 42.6 Å². The van der Waals surface area contributed by atoms with Gasteiger partial charge in [0, 0.05) is 13.1 Å². The molecule has 1 aliphatic heterocycles. The molecule has 0 radical (unpaired) electrons. The van der Waals surface area contributed by atoms with Crippen LogP contribution in [0.25, 0.3) is 0 Å². The smallest absolute Gasteiger partial charge is 0.0173 e. The summed E-state index contributed by atoms with van der Waals surface area (Å²) >= 11 is 0. The van der Waals surface area contributed by atoms with Gasteiger partial charge in [-0.25, -0.2) is 0 Å². The summed E-state index contributed by atoms with van der Waals surface area (Å²) in [6, 6.07) is 10.6. The van der Waals surface area contributed by atoms with Crippen molar-refractivity contribution in [2.75, 3.05) is 13.1 Å². The van der Waals surface area contributed by atoms with Gasteiger partial charge in [-0.05, 0) is 31.0 Å². The highest BCUT2D eigenvalue weighted by molar-refractivity contribution is 5.17. The quantitative estimate of drug-likeness (QED) is 0.703. The van der Waals surface area contributed by atoms with E-state index in [1.165, 1.54) is 31.5 Å². The molecule has 1 aliphatic rings. The standard InChI is InChI=1S/C13H17N/c1-2-7-13(8-3-1)9-6-12-14-10-4-5-11-14/h1-3,6-8,12H,4-5,9-11H2/b12-6+. The molecule has 0 spiro atoms. The molecule has 0 amide bonds. The monoisotopic (exact) mass is 187 g/mol. The number of hydrogen-bond donors (Lipinski definition) is 0. The van der Waals surface area contributed by atoms with Crippen LogP contribution in [0.1, 0.15) is 18.4 Å². The predicted octanol–water partition coefficient (Wildman–Crippen LogP) is 2.84. The average Bonchev–Trinajstić information content (AvgIpc) is 2.72. The molecule has 0 N–H and O–H groups in total. The molecule has 14 heavy (non-hydrogen) atoms. The lowest BCUT2D eigenvalue weighted by molar-refractivity contribution is 0.467. The van der Waals surface area contributed by atoms with Crippen LogP contribution in [0.2, 0.25) is 0 Å². The zero-order chi connectivity index (χ0) is 9.64. The Morgan fingerprint density at radius 3 is 2.50 bits per heavy atom. The molecule has 0 atom stereocenters. The summed E-state index contributed by atoms with van der Waals surface area (Å²) in [5.74, 6) is 0. The zero-order valence-electron chi connectivity index (χ0n) is 8.52. The Bertz CT molecular complexity index is 283. The van der Waals surface area contributed by atoms with Crippen LogP contribution in [0, 0.1) is 0 Å². The molecule has 1 fully saturated rings. The van der Waals surface area contributed by atoms with Crippen molar-refractivity contribution < 1.29 is 0 Å². The first kappa shape index (κ1) is 9.32. The lowest BCUT2D eigenvalue weighted by Gasteiger charge is -2.09. The number of benzene rings is 1. The van der Waals surface area contributed by atoms with E-state index in [1.807, 2.05) is 0 Å². The third-order valence-corrected chi connectivity index (χ3v) is 2.65. The highest BCUT2D eigenvalue weighted by Crippen LogP contribution is 2.08. The Balaban J connectivity index is 1.81. The summed E-state index contributed by atoms with van der Waals surface area (Å²) in [4.78, 5) is 2.41. The van der Waals surface area contributed by atoms with Crippen molar-refractivity contribution in [2.45, 2.75) is 19.3 Å². The maximum Gasteiger partial charge on any atom is 0.0173 e. The summed E-state index contributed by atoms with van der Waals surface area (Å²) in [5, 5.41) is 0. The van der Waals surface area contributed by atoms with Crippen molar-refractivity contribution in [1.29, 1.82) is 0 Å². The van der Waals surface area contributed by atoms with E-state index in [4.69, 9.17) is 0 Å². The second-order valence-corrected chi connectivity index (χ2v) is 3.82. The number of allylic oxidation sites excluding steroid dienone is 1. The lowest BCUT2D eigenvalue weighted by Crippen LogP contribution is -2.10. The maximum absolute atomic E-state index is 2.41. The number of hydrogen-bond acceptors (Lipinski definition) is 1. The summed E-state index contributed by atoms with van der Waals surface area (Å²) in [5.41, 5.74) is 1.39. The minimum Gasteiger partial charge on any atom is -0.378 e. The minimum atomic E-state index is 1.05. The summed E-state index contributed by atoms with van der Waals surface area (Å²) in [6.07, 6.45) is 8.28. The normalized spacial score (nSPS) is 16.7. The van der Waals surface area contributed by atoms with E-state index in [9.17, 15) is 0 Å². The molecule has 0 aliphatic carbocycles. The molecule has 1 aromatic carbocycles. The Morgan fingerprint density at radius 2 is 1.79 bits per heavy atom. The first-order valence-electron chi connectivity index (χ1n) is 5.40. The van der Waals surface area contributed by atoms with Crippen LogP contribution in [-0.2, 0) is 6.42 Å². The Labute approximate surface area is 86.1 Å². The van der Waals surface area contributed by atoms with Gasteiger partial charge in [-0.1, -0.05) is 36.4 Å². The lowest BCUT2D eigenvalue weighted by atomic mass is 10.1. The number of likely N-dealkylation sites (tertiary alicyclic amines) is 1. The highest BCUT2D eigenvalue weighted by atomic mass is 15.1. The van der Waals surface area contributed by atoms with Crippen LogP contribution < -0.4 is 0 Å². The van der Waals surface area contributed by atoms with Crippen molar-refractivity contribution in [3.63, 3.8) is 0 Å². The predicted molar refractivity (Wildman–Crippen MR) is 60.1 cm³/mol. The fourth-order valence-corrected chi connectivity index (χ4v) is 1.84. The van der Waals surface area contributed by atoms with E-state index in [2.05, 4.69) is 47.5 Å². The van der Waals surface area contributed by atoms with Gasteiger partial charge in [0.15, 0.2) is 0 Å². The average molecular weight is 187 g/mol. The molecule has 0 aromatic heterocycles. The summed E-state index contributed by atoms with van der Waals surface area (Å²) in [7, 11) is 0. The van der Waals surface area contributed by atoms with Crippen molar-refractivity contribution in [1.82, 2.24) is 4.90 Å². The minimum absolute atomic E-state index is 1.05. The zero-order valence-corrected chi connectivity index (χ0v) is 8.52. The molecule has 2 rings (SSSR count). The molecule has 0 bridgehead atoms. The van der Waals surface area contributed by atoms with Gasteiger partial charge in [-0.3, -0.25) is 0 Å². The van der Waals surface area contributed by atoms with Crippen LogP contribution in [-0.4, -0.2) is 18.0 Å². The molecular formula is C13H17N. The van der Waals surface area contributed by atoms with E-state index in [0.717, 1.165) is 6.42 Å². The molecular weight excluding hydrogens is 170 g/mol. The van der Waals surface area contributed by atoms with E-state index >= 15 is 0 Å². The third kappa shape index (κ3) is 2.63. The largest absolute Gasteiger partial charge is 0.378 e. The number of nitrogens with zero attached hydrogens (tertiary/aromatic N) is 1. The molecule has 1 aromatic rings. The summed E-state index contributed by atoms with van der Waals surface area (Å²) in [6.45, 7) is 2.48. The molecule has 74 valence electrons. The van der Waals surface area contributed by atoms with Crippen molar-refractivity contribution >= 4 is 0 Å². The van der Waals surface area contributed by atoms with E-state index in [-0.39, 0.29) is 0 Å². The topological polar surface area (TPSA) is 3.24 Å². The Hall–Kier alpha value is -1.24. The molecule has 0 unspecified atom stereocenters. The van der Waals surface area contributed by atoms with Crippen LogP contribution >= 0.6 is 0 Å². The summed E-state index contributed by atoms with van der Waals surface area (Å²) < 4.78 is 0. The van der Waals surface area contributed by atoms with Crippen LogP contribution in [0.3, 0.4) is 0 Å². The maximum atomic E-state index is 2.41. The Morgan fingerprint density at radius 1 is 1.07 bits per heavy atom. The molecule has 1 saturated heterocycles. The Kier molecular flexibility index (Phi) is 3.23. The first-order valence-corrected chi connectivity index (χ1v) is 5.40. The molecule has 1 nitrogen and oxygen atoms in total. The number of rotatable bonds is 3. The SMILES string of the molecule is C(=C\N1CCCC1)/Cc1ccccc1. The van der Waals surface area contributed by atoms with Gasteiger partial charge in [0.05, 0.1) is 0 Å². The second kappa shape index (κ2) is 4.85. The first-order chi connectivity index (χ1) is 6.95. The van der Waals surface area contributed by atoms with E-state index < -0.39 is 0 Å². The highest BCUT2D eigenvalue weighted by Gasteiger charge is 2.05.